The number of rotatable bonds is 14. The highest BCUT2D eigenvalue weighted by atomic mass is 32.2. The van der Waals surface area contributed by atoms with E-state index in [4.69, 9.17) is 9.47 Å². The average Bonchev–Trinajstić information content (AvgIpc) is 3.52. The van der Waals surface area contributed by atoms with E-state index in [1.807, 2.05) is 52.0 Å². The van der Waals surface area contributed by atoms with Crippen LogP contribution in [0.4, 0.5) is 21.0 Å². The van der Waals surface area contributed by atoms with E-state index in [2.05, 4.69) is 0 Å². The van der Waals surface area contributed by atoms with Crippen molar-refractivity contribution in [2.24, 2.45) is 0 Å². The van der Waals surface area contributed by atoms with Gasteiger partial charge in [-0.25, -0.2) is 9.59 Å². The van der Waals surface area contributed by atoms with Crippen LogP contribution in [-0.4, -0.2) is 166 Å². The van der Waals surface area contributed by atoms with Crippen LogP contribution < -0.4 is 0 Å². The monoisotopic (exact) mass is 1130 g/mol. The molecule has 2 aliphatic heterocycles. The van der Waals surface area contributed by atoms with E-state index >= 15 is 0 Å². The number of hydrogen-bond acceptors (Lipinski definition) is 13. The topological polar surface area (TPSA) is 227 Å². The fourth-order valence-electron chi connectivity index (χ4n) is 9.72. The Morgan fingerprint density at radius 3 is 1.22 bits per heavy atom. The fourth-order valence-corrected chi connectivity index (χ4v) is 10.8. The zero-order chi connectivity index (χ0) is 60.0. The Bertz CT molecular complexity index is 2950. The number of nitro groups is 2. The summed E-state index contributed by atoms with van der Waals surface area (Å²) in [5.74, 6) is -2.08. The summed E-state index contributed by atoms with van der Waals surface area (Å²) >= 11 is 0.839. The van der Waals surface area contributed by atoms with Gasteiger partial charge in [0, 0.05) is 66.5 Å². The van der Waals surface area contributed by atoms with Crippen LogP contribution in [0.5, 0.6) is 0 Å². The van der Waals surface area contributed by atoms with Gasteiger partial charge >= 0.3 is 12.2 Å². The number of carbonyl (C=O) groups is 6. The van der Waals surface area contributed by atoms with Crippen LogP contribution in [0.15, 0.2) is 94.7 Å². The lowest BCUT2D eigenvalue weighted by Crippen LogP contribution is -2.61. The first-order valence-corrected chi connectivity index (χ1v) is 27.6. The Morgan fingerprint density at radius 2 is 0.914 bits per heavy atom. The van der Waals surface area contributed by atoms with Crippen molar-refractivity contribution < 1.29 is 48.1 Å². The molecule has 0 bridgehead atoms. The van der Waals surface area contributed by atoms with Gasteiger partial charge < -0.3 is 29.1 Å². The van der Waals surface area contributed by atoms with Gasteiger partial charge in [0.25, 0.3) is 11.4 Å². The lowest BCUT2D eigenvalue weighted by Gasteiger charge is -2.41. The van der Waals surface area contributed by atoms with Crippen molar-refractivity contribution in [2.75, 3.05) is 67.5 Å². The Morgan fingerprint density at radius 1 is 0.568 bits per heavy atom. The minimum absolute atomic E-state index is 0.00653. The quantitative estimate of drug-likeness (QED) is 0.0651. The summed E-state index contributed by atoms with van der Waals surface area (Å²) in [5, 5.41) is 27.4. The summed E-state index contributed by atoms with van der Waals surface area (Å²) in [6.45, 7) is 18.0. The number of likely N-dealkylation sites (N-methyl/N-ethyl adjacent to an activating group) is 2. The zero-order valence-corrected chi connectivity index (χ0v) is 49.5. The molecule has 0 saturated carbocycles. The smallest absolute Gasteiger partial charge is 0.411 e. The molecule has 81 heavy (non-hydrogen) atoms. The zero-order valence-electron chi connectivity index (χ0n) is 48.7. The van der Waals surface area contributed by atoms with Crippen molar-refractivity contribution in [2.45, 2.75) is 114 Å². The van der Waals surface area contributed by atoms with Gasteiger partial charge in [-0.1, -0.05) is 100 Å². The number of carbonyl (C=O) groups excluding carboxylic acids is 6. The molecular weight excluding hydrogens is 1060 g/mol. The Labute approximate surface area is 478 Å². The van der Waals surface area contributed by atoms with Crippen LogP contribution in [0.1, 0.15) is 103 Å². The molecule has 0 aliphatic carbocycles. The SMILES string of the molecule is CC(C)c1ccccc1-c1c(/C=C/C(=O)N2CCN(C(=O)OC(C)(C)C)C(C(=O)N(C)C)C2)ccc(Sc2ccc(/C=C/C(=O)N3CCN(C(=O)OC(C)(C)C)C(C(=O)N(C)C)C3)c(-c3ccccc3C(C)C)c2[N+](=O)[O-])c1[N+](=O)[O-]. The molecule has 2 fully saturated rings. The van der Waals surface area contributed by atoms with Crippen LogP contribution in [0.25, 0.3) is 34.4 Å². The maximum atomic E-state index is 14.1. The van der Waals surface area contributed by atoms with Crippen LogP contribution in [0.3, 0.4) is 0 Å². The van der Waals surface area contributed by atoms with Gasteiger partial charge in [-0.15, -0.1) is 0 Å². The molecule has 6 amide bonds. The minimum atomic E-state index is -1.04. The van der Waals surface area contributed by atoms with Crippen LogP contribution >= 0.6 is 11.8 Å². The molecule has 2 aliphatic rings. The predicted molar refractivity (Wildman–Crippen MR) is 311 cm³/mol. The van der Waals surface area contributed by atoms with Crippen LogP contribution in [-0.2, 0) is 28.7 Å². The number of benzene rings is 4. The number of amides is 6. The van der Waals surface area contributed by atoms with Crippen molar-refractivity contribution in [3.05, 3.63) is 127 Å². The molecule has 0 N–H and O–H groups in total. The van der Waals surface area contributed by atoms with Crippen LogP contribution in [0, 0.1) is 20.2 Å². The lowest BCUT2D eigenvalue weighted by atomic mass is 9.89. The van der Waals surface area contributed by atoms with Gasteiger partial charge in [-0.05, 0) is 111 Å². The molecule has 2 saturated heterocycles. The normalized spacial score (nSPS) is 16.0. The third kappa shape index (κ3) is 14.8. The van der Waals surface area contributed by atoms with E-state index in [0.717, 1.165) is 22.9 Å². The van der Waals surface area contributed by atoms with Gasteiger partial charge in [0.1, 0.15) is 23.3 Å². The van der Waals surface area contributed by atoms with Crippen LogP contribution in [0.2, 0.25) is 0 Å². The van der Waals surface area contributed by atoms with Gasteiger partial charge in [0.15, 0.2) is 0 Å². The Kier molecular flexibility index (Phi) is 19.6. The Balaban J connectivity index is 1.45. The van der Waals surface area contributed by atoms with Gasteiger partial charge in [0.05, 0.1) is 43.9 Å². The number of hydrogen-bond donors (Lipinski definition) is 0. The third-order valence-corrected chi connectivity index (χ3v) is 14.6. The summed E-state index contributed by atoms with van der Waals surface area (Å²) in [7, 11) is 6.21. The molecule has 21 heteroatoms. The molecule has 0 spiro atoms. The number of nitro benzene ring substituents is 2. The van der Waals surface area contributed by atoms with Gasteiger partial charge in [0.2, 0.25) is 23.6 Å². The summed E-state index contributed by atoms with van der Waals surface area (Å²) in [6.07, 6.45) is 4.13. The summed E-state index contributed by atoms with van der Waals surface area (Å²) in [4.78, 5) is 116. The molecule has 2 heterocycles. The molecular formula is C60H74N8O12S. The standard InChI is InChI=1S/C60H74N8O12S/c1-37(2)41-19-15-17-21-43(41)51-39(25-29-49(69)63-31-33-65(57(73)79-59(5,6)7)45(35-63)55(71)61(11)12)23-27-47(53(51)67(75)76)81-48-28-24-40(52(54(48)68(77)78)44-22-18-16-20-42(44)38(3)4)26-30-50(70)64-32-34-66(58(74)80-60(8,9)10)46(36-64)56(72)62(13)14/h15-30,37-38,45-46H,31-36H2,1-14H3/b29-25+,30-26+. The molecule has 4 aromatic carbocycles. The largest absolute Gasteiger partial charge is 0.444 e. The first-order valence-electron chi connectivity index (χ1n) is 26.7. The highest BCUT2D eigenvalue weighted by Gasteiger charge is 2.41. The fraction of sp³-hybridized carbons (Fsp3) is 0.433. The molecule has 432 valence electrons. The van der Waals surface area contributed by atoms with Gasteiger partial charge in [-0.3, -0.25) is 49.2 Å². The maximum Gasteiger partial charge on any atom is 0.411 e. The highest BCUT2D eigenvalue weighted by Crippen LogP contribution is 2.50. The number of ether oxygens (including phenoxy) is 2. The van der Waals surface area contributed by atoms with Crippen molar-refractivity contribution in [3.8, 4) is 22.3 Å². The average molecular weight is 1130 g/mol. The maximum absolute atomic E-state index is 14.1. The van der Waals surface area contributed by atoms with Gasteiger partial charge in [-0.2, -0.15) is 0 Å². The van der Waals surface area contributed by atoms with E-state index < -0.39 is 68.9 Å². The van der Waals surface area contributed by atoms with Crippen molar-refractivity contribution in [1.29, 1.82) is 0 Å². The Hall–Kier alpha value is -8.07. The minimum Gasteiger partial charge on any atom is -0.444 e. The summed E-state index contributed by atoms with van der Waals surface area (Å²) in [6, 6.07) is 18.5. The summed E-state index contributed by atoms with van der Waals surface area (Å²) < 4.78 is 11.2. The third-order valence-electron chi connectivity index (χ3n) is 13.5. The molecule has 4 aromatic rings. The first kappa shape index (κ1) is 62.1. The molecule has 20 nitrogen and oxygen atoms in total. The predicted octanol–water partition coefficient (Wildman–Crippen LogP) is 10.3. The van der Waals surface area contributed by atoms with E-state index in [1.165, 1.54) is 65.8 Å². The highest BCUT2D eigenvalue weighted by molar-refractivity contribution is 7.99. The van der Waals surface area contributed by atoms with Crippen molar-refractivity contribution in [3.63, 3.8) is 0 Å². The second kappa shape index (κ2) is 25.6. The van der Waals surface area contributed by atoms with E-state index in [-0.39, 0.29) is 83.4 Å². The molecule has 6 rings (SSSR count). The molecule has 2 atom stereocenters. The molecule has 2 unspecified atom stereocenters. The summed E-state index contributed by atoms with van der Waals surface area (Å²) in [5.41, 5.74) is 1.08. The molecule has 0 radical (unpaired) electrons. The van der Waals surface area contributed by atoms with Crippen molar-refractivity contribution in [1.82, 2.24) is 29.4 Å². The van der Waals surface area contributed by atoms with E-state index in [9.17, 15) is 49.0 Å². The van der Waals surface area contributed by atoms with E-state index in [0.29, 0.717) is 22.3 Å². The lowest BCUT2D eigenvalue weighted by molar-refractivity contribution is -0.387. The number of nitrogens with zero attached hydrogens (tertiary/aromatic N) is 8. The van der Waals surface area contributed by atoms with Crippen molar-refractivity contribution >= 4 is 71.1 Å². The number of piperazine rings is 2. The van der Waals surface area contributed by atoms with E-state index in [1.54, 1.807) is 106 Å². The second-order valence-electron chi connectivity index (χ2n) is 22.9. The molecule has 0 aromatic heterocycles. The first-order chi connectivity index (χ1) is 37.9. The second-order valence-corrected chi connectivity index (χ2v) is 24.0.